The molecule has 0 spiro atoms. The van der Waals surface area contributed by atoms with Crippen LogP contribution in [0.2, 0.25) is 0 Å². The maximum atomic E-state index is 12.8. The zero-order valence-electron chi connectivity index (χ0n) is 17.9. The Morgan fingerprint density at radius 3 is 2.45 bits per heavy atom. The molecule has 0 radical (unpaired) electrons. The Morgan fingerprint density at radius 2 is 1.74 bits per heavy atom. The predicted octanol–water partition coefficient (Wildman–Crippen LogP) is 3.75. The summed E-state index contributed by atoms with van der Waals surface area (Å²) in [6.45, 7) is 5.24. The van der Waals surface area contributed by atoms with Crippen LogP contribution in [-0.4, -0.2) is 40.3 Å². The van der Waals surface area contributed by atoms with Crippen molar-refractivity contribution in [2.75, 3.05) is 26.0 Å². The summed E-state index contributed by atoms with van der Waals surface area (Å²) in [5, 5.41) is 3.46. The third-order valence-electron chi connectivity index (χ3n) is 4.62. The quantitative estimate of drug-likeness (QED) is 0.511. The summed E-state index contributed by atoms with van der Waals surface area (Å²) in [6.07, 6.45) is 1.71. The van der Waals surface area contributed by atoms with E-state index in [4.69, 9.17) is 13.9 Å². The lowest BCUT2D eigenvalue weighted by atomic mass is 10.1. The van der Waals surface area contributed by atoms with E-state index in [1.807, 2.05) is 32.0 Å². The van der Waals surface area contributed by atoms with Crippen LogP contribution in [-0.2, 0) is 22.0 Å². The maximum Gasteiger partial charge on any atom is 0.287 e. The number of fused-ring (bicyclic) bond motifs is 1. The Hall–Kier alpha value is -3.00. The van der Waals surface area contributed by atoms with Gasteiger partial charge >= 0.3 is 0 Å². The molecule has 3 aromatic rings. The number of benzene rings is 2. The molecule has 3 rings (SSSR count). The number of para-hydroxylation sites is 1. The average Bonchev–Trinajstić information content (AvgIpc) is 3.07. The van der Waals surface area contributed by atoms with E-state index in [0.29, 0.717) is 54.2 Å². The van der Waals surface area contributed by atoms with E-state index in [1.54, 1.807) is 24.3 Å². The Kier molecular flexibility index (Phi) is 7.22. The monoisotopic (exact) mass is 445 g/mol. The van der Waals surface area contributed by atoms with E-state index < -0.39 is 15.7 Å². The van der Waals surface area contributed by atoms with Crippen LogP contribution in [0.4, 0.5) is 0 Å². The first-order chi connectivity index (χ1) is 14.8. The summed E-state index contributed by atoms with van der Waals surface area (Å²) >= 11 is 0. The van der Waals surface area contributed by atoms with Gasteiger partial charge in [0.2, 0.25) is 0 Å². The van der Waals surface area contributed by atoms with E-state index in [1.165, 1.54) is 0 Å². The molecule has 0 saturated carbocycles. The number of ether oxygens (including phenoxy) is 2. The number of hydrogen-bond donors (Lipinski definition) is 1. The molecule has 8 heteroatoms. The molecule has 1 heterocycles. The fourth-order valence-electron chi connectivity index (χ4n) is 3.34. The van der Waals surface area contributed by atoms with Gasteiger partial charge in [0, 0.05) is 23.8 Å². The van der Waals surface area contributed by atoms with Crippen molar-refractivity contribution in [1.82, 2.24) is 5.32 Å². The molecule has 0 atom stereocenters. The molecule has 0 aliphatic heterocycles. The van der Waals surface area contributed by atoms with Gasteiger partial charge in [0.1, 0.15) is 5.58 Å². The largest absolute Gasteiger partial charge is 0.490 e. The number of carbonyl (C=O) groups is 1. The van der Waals surface area contributed by atoms with Gasteiger partial charge < -0.3 is 19.2 Å². The average molecular weight is 446 g/mol. The van der Waals surface area contributed by atoms with Crippen LogP contribution in [0.3, 0.4) is 0 Å². The third kappa shape index (κ3) is 5.79. The summed E-state index contributed by atoms with van der Waals surface area (Å²) in [6, 6.07) is 12.7. The number of amides is 1. The SMILES string of the molecule is CCOc1ccc(CCNC(=O)c2oc3ccccc3c2CS(C)(=O)=O)cc1OCC. The first-order valence-electron chi connectivity index (χ1n) is 10.2. The van der Waals surface area contributed by atoms with Crippen LogP contribution >= 0.6 is 0 Å². The van der Waals surface area contributed by atoms with Gasteiger partial charge in [-0.05, 0) is 44.0 Å². The third-order valence-corrected chi connectivity index (χ3v) is 5.43. The molecule has 166 valence electrons. The fourth-order valence-corrected chi connectivity index (χ4v) is 4.15. The molecule has 0 fully saturated rings. The second-order valence-corrected chi connectivity index (χ2v) is 9.27. The standard InChI is InChI=1S/C23H27NO6S/c1-4-28-20-11-10-16(14-21(20)29-5-2)12-13-24-23(25)22-18(15-31(3,26)27)17-8-6-7-9-19(17)30-22/h6-11,14H,4-5,12-13,15H2,1-3H3,(H,24,25). The van der Waals surface area contributed by atoms with Crippen molar-refractivity contribution in [2.45, 2.75) is 26.0 Å². The van der Waals surface area contributed by atoms with E-state index in [0.717, 1.165) is 11.8 Å². The van der Waals surface area contributed by atoms with E-state index in [-0.39, 0.29) is 11.5 Å². The van der Waals surface area contributed by atoms with Gasteiger partial charge in [-0.2, -0.15) is 0 Å². The molecule has 0 aliphatic carbocycles. The number of hydrogen-bond acceptors (Lipinski definition) is 6. The summed E-state index contributed by atoms with van der Waals surface area (Å²) in [5.74, 6) is 0.688. The summed E-state index contributed by atoms with van der Waals surface area (Å²) in [5.41, 5.74) is 1.85. The second kappa shape index (κ2) is 9.87. The molecule has 1 N–H and O–H groups in total. The zero-order chi connectivity index (χ0) is 22.4. The van der Waals surface area contributed by atoms with Crippen molar-refractivity contribution in [3.05, 3.63) is 59.4 Å². The van der Waals surface area contributed by atoms with Crippen LogP contribution < -0.4 is 14.8 Å². The highest BCUT2D eigenvalue weighted by molar-refractivity contribution is 7.89. The minimum Gasteiger partial charge on any atom is -0.490 e. The number of rotatable bonds is 10. The van der Waals surface area contributed by atoms with Crippen molar-refractivity contribution in [2.24, 2.45) is 0 Å². The van der Waals surface area contributed by atoms with Gasteiger partial charge in [-0.15, -0.1) is 0 Å². The highest BCUT2D eigenvalue weighted by atomic mass is 32.2. The first-order valence-corrected chi connectivity index (χ1v) is 12.2. The lowest BCUT2D eigenvalue weighted by Crippen LogP contribution is -2.26. The number of carbonyl (C=O) groups excluding carboxylic acids is 1. The molecule has 0 saturated heterocycles. The highest BCUT2D eigenvalue weighted by Gasteiger charge is 2.23. The minimum absolute atomic E-state index is 0.0355. The summed E-state index contributed by atoms with van der Waals surface area (Å²) in [4.78, 5) is 12.8. The van der Waals surface area contributed by atoms with Crippen LogP contribution in [0.25, 0.3) is 11.0 Å². The molecule has 1 aromatic heterocycles. The molecule has 7 nitrogen and oxygen atoms in total. The van der Waals surface area contributed by atoms with Crippen molar-refractivity contribution in [1.29, 1.82) is 0 Å². The van der Waals surface area contributed by atoms with Gasteiger partial charge in [-0.3, -0.25) is 4.79 Å². The number of furan rings is 1. The van der Waals surface area contributed by atoms with Crippen LogP contribution in [0.15, 0.2) is 46.9 Å². The lowest BCUT2D eigenvalue weighted by molar-refractivity contribution is 0.0927. The van der Waals surface area contributed by atoms with Crippen molar-refractivity contribution in [3.8, 4) is 11.5 Å². The molecule has 1 amide bonds. The molecule has 0 unspecified atom stereocenters. The fraction of sp³-hybridized carbons (Fsp3) is 0.348. The first kappa shape index (κ1) is 22.7. The van der Waals surface area contributed by atoms with E-state index >= 15 is 0 Å². The Bertz CT molecular complexity index is 1170. The van der Waals surface area contributed by atoms with Crippen LogP contribution in [0, 0.1) is 0 Å². The van der Waals surface area contributed by atoms with Gasteiger partial charge in [0.25, 0.3) is 5.91 Å². The molecule has 2 aromatic carbocycles. The van der Waals surface area contributed by atoms with Gasteiger partial charge in [-0.1, -0.05) is 24.3 Å². The Balaban J connectivity index is 1.73. The maximum absolute atomic E-state index is 12.8. The normalized spacial score (nSPS) is 11.5. The molecular weight excluding hydrogens is 418 g/mol. The Labute approximate surface area is 182 Å². The molecule has 0 aliphatic rings. The number of nitrogens with one attached hydrogen (secondary N) is 1. The minimum atomic E-state index is -3.34. The van der Waals surface area contributed by atoms with Crippen molar-refractivity contribution < 1.29 is 27.1 Å². The predicted molar refractivity (Wildman–Crippen MR) is 120 cm³/mol. The summed E-state index contributed by atoms with van der Waals surface area (Å²) in [7, 11) is -3.34. The van der Waals surface area contributed by atoms with Crippen LogP contribution in [0.1, 0.15) is 35.5 Å². The number of sulfone groups is 1. The van der Waals surface area contributed by atoms with Gasteiger partial charge in [0.15, 0.2) is 27.1 Å². The van der Waals surface area contributed by atoms with Crippen LogP contribution in [0.5, 0.6) is 11.5 Å². The molecule has 0 bridgehead atoms. The summed E-state index contributed by atoms with van der Waals surface area (Å²) < 4.78 is 40.7. The topological polar surface area (TPSA) is 94.8 Å². The molecule has 31 heavy (non-hydrogen) atoms. The molecular formula is C23H27NO6S. The van der Waals surface area contributed by atoms with E-state index in [9.17, 15) is 13.2 Å². The zero-order valence-corrected chi connectivity index (χ0v) is 18.8. The second-order valence-electron chi connectivity index (χ2n) is 7.13. The highest BCUT2D eigenvalue weighted by Crippen LogP contribution is 2.29. The van der Waals surface area contributed by atoms with Crippen molar-refractivity contribution in [3.63, 3.8) is 0 Å². The Morgan fingerprint density at radius 1 is 1.03 bits per heavy atom. The van der Waals surface area contributed by atoms with Gasteiger partial charge in [-0.25, -0.2) is 8.42 Å². The lowest BCUT2D eigenvalue weighted by Gasteiger charge is -2.12. The van der Waals surface area contributed by atoms with Crippen molar-refractivity contribution >= 4 is 26.7 Å². The smallest absolute Gasteiger partial charge is 0.287 e. The van der Waals surface area contributed by atoms with Gasteiger partial charge in [0.05, 0.1) is 19.0 Å². The van der Waals surface area contributed by atoms with E-state index in [2.05, 4.69) is 5.32 Å².